The maximum Gasteiger partial charge on any atom is 0.265 e. The van der Waals surface area contributed by atoms with Crippen LogP contribution in [0.3, 0.4) is 0 Å². The first-order chi connectivity index (χ1) is 16.3. The molecule has 0 radical (unpaired) electrons. The first-order valence-electron chi connectivity index (χ1n) is 11.5. The maximum atomic E-state index is 13.5. The predicted molar refractivity (Wildman–Crippen MR) is 136 cm³/mol. The molecule has 0 spiro atoms. The van der Waals surface area contributed by atoms with Gasteiger partial charge in [-0.1, -0.05) is 82.3 Å². The van der Waals surface area contributed by atoms with Crippen LogP contribution in [0.5, 0.6) is 5.75 Å². The van der Waals surface area contributed by atoms with Gasteiger partial charge >= 0.3 is 0 Å². The highest BCUT2D eigenvalue weighted by molar-refractivity contribution is 5.94. The number of benzene rings is 3. The van der Waals surface area contributed by atoms with Crippen LogP contribution in [0.1, 0.15) is 39.7 Å². The molecule has 0 aliphatic carbocycles. The number of rotatable bonds is 6. The maximum absolute atomic E-state index is 13.5. The smallest absolute Gasteiger partial charge is 0.265 e. The molecule has 34 heavy (non-hydrogen) atoms. The zero-order valence-corrected chi connectivity index (χ0v) is 19.9. The van der Waals surface area contributed by atoms with E-state index in [1.165, 1.54) is 0 Å². The summed E-state index contributed by atoms with van der Waals surface area (Å²) < 4.78 is 12.3. The molecule has 1 N–H and O–H groups in total. The van der Waals surface area contributed by atoms with E-state index in [-0.39, 0.29) is 22.5 Å². The number of nitrogens with one attached hydrogen (secondary N) is 1. The molecular weight excluding hydrogens is 426 g/mol. The molecule has 1 unspecified atom stereocenters. The Kier molecular flexibility index (Phi) is 6.55. The monoisotopic (exact) mass is 455 g/mol. The number of hydrogen-bond acceptors (Lipinski definition) is 4. The van der Waals surface area contributed by atoms with Crippen LogP contribution in [0.2, 0.25) is 0 Å². The second-order valence-corrected chi connectivity index (χ2v) is 9.28. The third-order valence-corrected chi connectivity index (χ3v) is 5.73. The summed E-state index contributed by atoms with van der Waals surface area (Å²) in [4.78, 5) is 26.4. The molecule has 1 aromatic heterocycles. The van der Waals surface area contributed by atoms with Crippen molar-refractivity contribution in [3.05, 3.63) is 94.6 Å². The van der Waals surface area contributed by atoms with Gasteiger partial charge in [0.15, 0.2) is 11.9 Å². The fourth-order valence-electron chi connectivity index (χ4n) is 3.75. The highest BCUT2D eigenvalue weighted by Crippen LogP contribution is 2.33. The SMILES string of the molecule is CCC(Oc1c(-c2ccc(C(C)(C)C)cc2)oc2ccccc2c1=O)C(=O)Nc1ccccc1. The molecule has 0 aliphatic rings. The van der Waals surface area contributed by atoms with Gasteiger partial charge in [-0.25, -0.2) is 0 Å². The van der Waals surface area contributed by atoms with Crippen molar-refractivity contribution >= 4 is 22.6 Å². The molecule has 0 saturated heterocycles. The molecule has 1 atom stereocenters. The number of hydrogen-bond donors (Lipinski definition) is 1. The number of ether oxygens (including phenoxy) is 1. The third kappa shape index (κ3) is 4.88. The van der Waals surface area contributed by atoms with Gasteiger partial charge in [-0.15, -0.1) is 0 Å². The van der Waals surface area contributed by atoms with E-state index in [0.29, 0.717) is 34.4 Å². The highest BCUT2D eigenvalue weighted by Gasteiger charge is 2.25. The summed E-state index contributed by atoms with van der Waals surface area (Å²) in [5.74, 6) is 0.0303. The lowest BCUT2D eigenvalue weighted by atomic mass is 9.86. The Labute approximate surface area is 199 Å². The summed E-state index contributed by atoms with van der Waals surface area (Å²) in [5, 5.41) is 3.26. The molecule has 3 aromatic carbocycles. The molecular formula is C29H29NO4. The van der Waals surface area contributed by atoms with Gasteiger partial charge in [0.1, 0.15) is 5.58 Å². The van der Waals surface area contributed by atoms with Crippen LogP contribution in [0.15, 0.2) is 88.1 Å². The van der Waals surface area contributed by atoms with Crippen LogP contribution >= 0.6 is 0 Å². The van der Waals surface area contributed by atoms with Gasteiger partial charge < -0.3 is 14.5 Å². The number of fused-ring (bicyclic) bond motifs is 1. The molecule has 1 amide bonds. The van der Waals surface area contributed by atoms with Crippen LogP contribution in [-0.4, -0.2) is 12.0 Å². The van der Waals surface area contributed by atoms with Crippen LogP contribution in [-0.2, 0) is 10.2 Å². The van der Waals surface area contributed by atoms with Crippen molar-refractivity contribution in [3.8, 4) is 17.1 Å². The average Bonchev–Trinajstić information content (AvgIpc) is 2.83. The summed E-state index contributed by atoms with van der Waals surface area (Å²) in [6, 6.07) is 24.1. The minimum Gasteiger partial charge on any atom is -0.473 e. The van der Waals surface area contributed by atoms with E-state index in [4.69, 9.17) is 9.15 Å². The lowest BCUT2D eigenvalue weighted by molar-refractivity contribution is -0.122. The van der Waals surface area contributed by atoms with Crippen LogP contribution in [0.4, 0.5) is 5.69 Å². The van der Waals surface area contributed by atoms with Gasteiger partial charge in [0.25, 0.3) is 5.91 Å². The molecule has 4 aromatic rings. The van der Waals surface area contributed by atoms with E-state index in [9.17, 15) is 9.59 Å². The van der Waals surface area contributed by atoms with Gasteiger partial charge in [-0.3, -0.25) is 9.59 Å². The van der Waals surface area contributed by atoms with Crippen molar-refractivity contribution in [1.29, 1.82) is 0 Å². The minimum absolute atomic E-state index is 0.00901. The highest BCUT2D eigenvalue weighted by atomic mass is 16.5. The number of amides is 1. The van der Waals surface area contributed by atoms with Crippen LogP contribution in [0.25, 0.3) is 22.3 Å². The second-order valence-electron chi connectivity index (χ2n) is 9.28. The lowest BCUT2D eigenvalue weighted by Crippen LogP contribution is -2.34. The van der Waals surface area contributed by atoms with Crippen molar-refractivity contribution in [1.82, 2.24) is 0 Å². The molecule has 5 heteroatoms. The van der Waals surface area contributed by atoms with E-state index in [2.05, 4.69) is 26.1 Å². The van der Waals surface area contributed by atoms with Crippen molar-refractivity contribution < 1.29 is 13.9 Å². The summed E-state index contributed by atoms with van der Waals surface area (Å²) in [6.45, 7) is 8.27. The Balaban J connectivity index is 1.76. The molecule has 5 nitrogen and oxygen atoms in total. The number of anilines is 1. The number of carbonyl (C=O) groups is 1. The van der Waals surface area contributed by atoms with Crippen molar-refractivity contribution in [2.24, 2.45) is 0 Å². The molecule has 1 heterocycles. The second kappa shape index (κ2) is 9.56. The van der Waals surface area contributed by atoms with E-state index in [0.717, 1.165) is 5.56 Å². The van der Waals surface area contributed by atoms with E-state index < -0.39 is 6.10 Å². The Hall–Kier alpha value is -3.86. The Morgan fingerprint density at radius 2 is 1.59 bits per heavy atom. The Morgan fingerprint density at radius 3 is 2.24 bits per heavy atom. The molecule has 174 valence electrons. The molecule has 0 saturated carbocycles. The summed E-state index contributed by atoms with van der Waals surface area (Å²) in [6.07, 6.45) is -0.482. The Morgan fingerprint density at radius 1 is 0.941 bits per heavy atom. The van der Waals surface area contributed by atoms with Gasteiger partial charge in [0.2, 0.25) is 11.2 Å². The van der Waals surface area contributed by atoms with Crippen LogP contribution in [0, 0.1) is 0 Å². The molecule has 0 bridgehead atoms. The molecule has 0 aliphatic heterocycles. The van der Waals surface area contributed by atoms with E-state index >= 15 is 0 Å². The molecule has 4 rings (SSSR count). The van der Waals surface area contributed by atoms with Crippen molar-refractivity contribution in [2.45, 2.75) is 45.6 Å². The fraction of sp³-hybridized carbons (Fsp3) is 0.241. The van der Waals surface area contributed by atoms with Gasteiger partial charge in [-0.05, 0) is 41.7 Å². The van der Waals surface area contributed by atoms with Gasteiger partial charge in [0, 0.05) is 11.3 Å². The van der Waals surface area contributed by atoms with Crippen LogP contribution < -0.4 is 15.5 Å². The summed E-state index contributed by atoms with van der Waals surface area (Å²) >= 11 is 0. The predicted octanol–water partition coefficient (Wildman–Crippen LogP) is 6.55. The first-order valence-corrected chi connectivity index (χ1v) is 11.5. The van der Waals surface area contributed by atoms with E-state index in [1.807, 2.05) is 55.5 Å². The van der Waals surface area contributed by atoms with E-state index in [1.54, 1.807) is 30.3 Å². The molecule has 0 fully saturated rings. The topological polar surface area (TPSA) is 68.5 Å². The number of carbonyl (C=O) groups excluding carboxylic acids is 1. The van der Waals surface area contributed by atoms with Crippen molar-refractivity contribution in [2.75, 3.05) is 5.32 Å². The largest absolute Gasteiger partial charge is 0.473 e. The first kappa shape index (κ1) is 23.3. The van der Waals surface area contributed by atoms with Gasteiger partial charge in [0.05, 0.1) is 5.39 Å². The summed E-state index contributed by atoms with van der Waals surface area (Å²) in [5.41, 5.74) is 2.70. The van der Waals surface area contributed by atoms with Crippen molar-refractivity contribution in [3.63, 3.8) is 0 Å². The normalized spacial score (nSPS) is 12.4. The van der Waals surface area contributed by atoms with Gasteiger partial charge in [-0.2, -0.15) is 0 Å². The Bertz CT molecular complexity index is 1350. The average molecular weight is 456 g/mol. The number of para-hydroxylation sites is 2. The third-order valence-electron chi connectivity index (χ3n) is 5.73. The fourth-order valence-corrected chi connectivity index (χ4v) is 3.75. The minimum atomic E-state index is -0.864. The zero-order valence-electron chi connectivity index (χ0n) is 19.9. The quantitative estimate of drug-likeness (QED) is 0.358. The zero-order chi connectivity index (χ0) is 24.3. The lowest BCUT2D eigenvalue weighted by Gasteiger charge is -2.20. The standard InChI is InChI=1S/C29H29NO4/c1-5-23(28(32)30-21-11-7-6-8-12-21)33-27-25(31)22-13-9-10-14-24(22)34-26(27)19-15-17-20(18-16-19)29(2,3)4/h6-18,23H,5H2,1-4H3,(H,30,32). The summed E-state index contributed by atoms with van der Waals surface area (Å²) in [7, 11) is 0.